The number of hydrogen-bond acceptors (Lipinski definition) is 2. The second kappa shape index (κ2) is 12.5. The van der Waals surface area contributed by atoms with Crippen LogP contribution in [-0.2, 0) is 29.0 Å². The van der Waals surface area contributed by atoms with Crippen molar-refractivity contribution in [2.75, 3.05) is 6.54 Å². The summed E-state index contributed by atoms with van der Waals surface area (Å²) in [5.41, 5.74) is 2.32. The second-order valence-corrected chi connectivity index (χ2v) is 9.44. The number of carbonyl (C=O) groups is 2. The monoisotopic (exact) mass is 536 g/mol. The first-order valence-corrected chi connectivity index (χ1v) is 12.3. The van der Waals surface area contributed by atoms with Crippen LogP contribution in [0.15, 0.2) is 66.7 Å². The van der Waals surface area contributed by atoms with Gasteiger partial charge in [0, 0.05) is 29.6 Å². The van der Waals surface area contributed by atoms with Crippen LogP contribution in [0.2, 0.25) is 20.1 Å². The maximum atomic E-state index is 13.6. The van der Waals surface area contributed by atoms with Crippen molar-refractivity contribution in [2.24, 2.45) is 0 Å². The first kappa shape index (κ1) is 26.4. The quantitative estimate of drug-likeness (QED) is 0.333. The largest absolute Gasteiger partial charge is 0.355 e. The molecule has 4 nitrogen and oxygen atoms in total. The fraction of sp³-hybridized carbons (Fsp3) is 0.231. The SMILES string of the molecule is CCNC(=O)[C@H](Cc1ccccc1)N(Cc1ccc(Cl)cc1Cl)C(=O)Cc1ccc(Cl)c(Cl)c1. The summed E-state index contributed by atoms with van der Waals surface area (Å²) in [4.78, 5) is 28.4. The Bertz CT molecular complexity index is 1150. The number of carbonyl (C=O) groups excluding carboxylic acids is 2. The van der Waals surface area contributed by atoms with E-state index in [0.29, 0.717) is 44.2 Å². The number of halogens is 4. The lowest BCUT2D eigenvalue weighted by Gasteiger charge is -2.32. The van der Waals surface area contributed by atoms with E-state index in [9.17, 15) is 9.59 Å². The molecule has 0 bridgehead atoms. The van der Waals surface area contributed by atoms with Gasteiger partial charge in [0.15, 0.2) is 0 Å². The highest BCUT2D eigenvalue weighted by Gasteiger charge is 2.30. The molecule has 0 radical (unpaired) electrons. The van der Waals surface area contributed by atoms with Crippen molar-refractivity contribution in [3.63, 3.8) is 0 Å². The van der Waals surface area contributed by atoms with Gasteiger partial charge in [-0.25, -0.2) is 0 Å². The van der Waals surface area contributed by atoms with Crippen molar-refractivity contribution in [2.45, 2.75) is 32.4 Å². The number of rotatable bonds is 9. The molecule has 3 rings (SSSR count). The number of likely N-dealkylation sites (N-methyl/N-ethyl adjacent to an activating group) is 1. The van der Waals surface area contributed by atoms with E-state index in [1.165, 1.54) is 0 Å². The van der Waals surface area contributed by atoms with E-state index in [1.807, 2.05) is 37.3 Å². The molecule has 2 amide bonds. The summed E-state index contributed by atoms with van der Waals surface area (Å²) in [6, 6.07) is 19.0. The molecule has 0 saturated carbocycles. The number of nitrogens with zero attached hydrogens (tertiary/aromatic N) is 1. The van der Waals surface area contributed by atoms with Gasteiger partial charge in [-0.15, -0.1) is 0 Å². The van der Waals surface area contributed by atoms with Crippen molar-refractivity contribution in [3.05, 3.63) is 104 Å². The number of benzene rings is 3. The van der Waals surface area contributed by atoms with Crippen molar-refractivity contribution >= 4 is 58.2 Å². The zero-order valence-electron chi connectivity index (χ0n) is 18.5. The summed E-state index contributed by atoms with van der Waals surface area (Å²) < 4.78 is 0. The van der Waals surface area contributed by atoms with E-state index < -0.39 is 6.04 Å². The fourth-order valence-electron chi connectivity index (χ4n) is 3.61. The predicted octanol–water partition coefficient (Wildman–Crippen LogP) is 6.62. The molecule has 8 heteroatoms. The maximum absolute atomic E-state index is 13.6. The van der Waals surface area contributed by atoms with Gasteiger partial charge in [0.2, 0.25) is 11.8 Å². The average molecular weight is 538 g/mol. The van der Waals surface area contributed by atoms with Gasteiger partial charge in [0.1, 0.15) is 6.04 Å². The molecule has 0 spiro atoms. The average Bonchev–Trinajstić information content (AvgIpc) is 2.80. The second-order valence-electron chi connectivity index (χ2n) is 7.78. The molecule has 0 aliphatic heterocycles. The third-order valence-electron chi connectivity index (χ3n) is 5.32. The Kier molecular flexibility index (Phi) is 9.66. The van der Waals surface area contributed by atoms with Gasteiger partial charge in [-0.05, 0) is 47.9 Å². The molecule has 0 saturated heterocycles. The summed E-state index contributed by atoms with van der Waals surface area (Å²) in [6.45, 7) is 2.43. The van der Waals surface area contributed by atoms with E-state index in [-0.39, 0.29) is 24.8 Å². The molecule has 178 valence electrons. The van der Waals surface area contributed by atoms with Gasteiger partial charge < -0.3 is 10.2 Å². The van der Waals surface area contributed by atoms with Crippen LogP contribution in [0.3, 0.4) is 0 Å². The van der Waals surface area contributed by atoms with Crippen molar-refractivity contribution < 1.29 is 9.59 Å². The zero-order chi connectivity index (χ0) is 24.7. The van der Waals surface area contributed by atoms with Crippen LogP contribution in [0.25, 0.3) is 0 Å². The third kappa shape index (κ3) is 7.13. The molecule has 34 heavy (non-hydrogen) atoms. The summed E-state index contributed by atoms with van der Waals surface area (Å²) in [5, 5.41) is 4.56. The molecule has 1 atom stereocenters. The van der Waals surface area contributed by atoms with E-state index in [1.54, 1.807) is 41.3 Å². The van der Waals surface area contributed by atoms with Gasteiger partial charge in [0.05, 0.1) is 16.5 Å². The lowest BCUT2D eigenvalue weighted by atomic mass is 10.0. The molecule has 0 aromatic heterocycles. The Morgan fingerprint density at radius 3 is 2.24 bits per heavy atom. The third-order valence-corrected chi connectivity index (χ3v) is 6.64. The molecule has 3 aromatic carbocycles. The van der Waals surface area contributed by atoms with Crippen LogP contribution < -0.4 is 5.32 Å². The summed E-state index contributed by atoms with van der Waals surface area (Å²) in [6.07, 6.45) is 0.401. The highest BCUT2D eigenvalue weighted by atomic mass is 35.5. The highest BCUT2D eigenvalue weighted by molar-refractivity contribution is 6.42. The summed E-state index contributed by atoms with van der Waals surface area (Å²) in [5.74, 6) is -0.476. The molecular weight excluding hydrogens is 514 g/mol. The van der Waals surface area contributed by atoms with Gasteiger partial charge in [-0.3, -0.25) is 9.59 Å². The van der Waals surface area contributed by atoms with Crippen LogP contribution >= 0.6 is 46.4 Å². The summed E-state index contributed by atoms with van der Waals surface area (Å²) in [7, 11) is 0. The van der Waals surface area contributed by atoms with Crippen molar-refractivity contribution in [1.29, 1.82) is 0 Å². The maximum Gasteiger partial charge on any atom is 0.243 e. The lowest BCUT2D eigenvalue weighted by molar-refractivity contribution is -0.140. The molecule has 0 aliphatic carbocycles. The topological polar surface area (TPSA) is 49.4 Å². The minimum atomic E-state index is -0.746. The standard InChI is InChI=1S/C26H24Cl4N2O2/c1-2-31-26(34)24(13-17-6-4-3-5-7-17)32(16-19-9-10-20(27)15-22(19)29)25(33)14-18-8-11-21(28)23(30)12-18/h3-12,15,24H,2,13-14,16H2,1H3,(H,31,34)/t24-/m0/s1. The van der Waals surface area contributed by atoms with Crippen molar-refractivity contribution in [1.82, 2.24) is 10.2 Å². The minimum absolute atomic E-state index is 0.0484. The van der Waals surface area contributed by atoms with Gasteiger partial charge in [-0.1, -0.05) is 88.9 Å². The van der Waals surface area contributed by atoms with E-state index in [2.05, 4.69) is 5.32 Å². The minimum Gasteiger partial charge on any atom is -0.355 e. The molecule has 3 aromatic rings. The van der Waals surface area contributed by atoms with Crippen LogP contribution in [-0.4, -0.2) is 29.3 Å². The molecule has 0 heterocycles. The number of hydrogen-bond donors (Lipinski definition) is 1. The fourth-order valence-corrected chi connectivity index (χ4v) is 4.39. The lowest BCUT2D eigenvalue weighted by Crippen LogP contribution is -2.51. The molecule has 0 fully saturated rings. The first-order valence-electron chi connectivity index (χ1n) is 10.8. The first-order chi connectivity index (χ1) is 16.3. The number of amides is 2. The van der Waals surface area contributed by atoms with Gasteiger partial charge in [0.25, 0.3) is 0 Å². The predicted molar refractivity (Wildman–Crippen MR) is 140 cm³/mol. The van der Waals surface area contributed by atoms with Crippen LogP contribution in [0.1, 0.15) is 23.6 Å². The van der Waals surface area contributed by atoms with E-state index >= 15 is 0 Å². The van der Waals surface area contributed by atoms with Crippen LogP contribution in [0, 0.1) is 0 Å². The molecule has 0 aliphatic rings. The molecule has 1 N–H and O–H groups in total. The van der Waals surface area contributed by atoms with E-state index in [4.69, 9.17) is 46.4 Å². The Labute approximate surface area is 219 Å². The smallest absolute Gasteiger partial charge is 0.243 e. The highest BCUT2D eigenvalue weighted by Crippen LogP contribution is 2.26. The Balaban J connectivity index is 1.99. The van der Waals surface area contributed by atoms with Gasteiger partial charge >= 0.3 is 0 Å². The van der Waals surface area contributed by atoms with Crippen LogP contribution in [0.5, 0.6) is 0 Å². The van der Waals surface area contributed by atoms with Crippen molar-refractivity contribution in [3.8, 4) is 0 Å². The molecular formula is C26H24Cl4N2O2. The molecule has 0 unspecified atom stereocenters. The normalized spacial score (nSPS) is 11.7. The Hall–Kier alpha value is -2.24. The van der Waals surface area contributed by atoms with E-state index in [0.717, 1.165) is 5.56 Å². The summed E-state index contributed by atoms with van der Waals surface area (Å²) >= 11 is 24.7. The zero-order valence-corrected chi connectivity index (χ0v) is 21.6. The number of nitrogens with one attached hydrogen (secondary N) is 1. The van der Waals surface area contributed by atoms with Gasteiger partial charge in [-0.2, -0.15) is 0 Å². The Morgan fingerprint density at radius 2 is 1.59 bits per heavy atom. The van der Waals surface area contributed by atoms with Crippen LogP contribution in [0.4, 0.5) is 0 Å². The Morgan fingerprint density at radius 1 is 0.853 bits per heavy atom.